The van der Waals surface area contributed by atoms with E-state index < -0.39 is 0 Å². The van der Waals surface area contributed by atoms with Crippen LogP contribution in [0.15, 0.2) is 0 Å². The highest BCUT2D eigenvalue weighted by atomic mass is 16.5. The summed E-state index contributed by atoms with van der Waals surface area (Å²) in [6, 6.07) is -0.320. The molecule has 0 spiro atoms. The molecule has 2 amide bonds. The molecule has 2 rings (SSSR count). The predicted octanol–water partition coefficient (Wildman–Crippen LogP) is 0.293. The number of piperazine rings is 1. The number of carbonyl (C=O) groups excluding carboxylic acids is 2. The minimum absolute atomic E-state index is 0.0279. The van der Waals surface area contributed by atoms with E-state index in [9.17, 15) is 9.59 Å². The Morgan fingerprint density at radius 3 is 2.65 bits per heavy atom. The molecule has 2 fully saturated rings. The highest BCUT2D eigenvalue weighted by Gasteiger charge is 2.44. The van der Waals surface area contributed by atoms with Gasteiger partial charge in [0.2, 0.25) is 11.8 Å². The lowest BCUT2D eigenvalue weighted by molar-refractivity contribution is -0.157. The summed E-state index contributed by atoms with van der Waals surface area (Å²) < 4.78 is 5.35. The minimum Gasteiger partial charge on any atom is -0.381 e. The molecule has 0 aliphatic carbocycles. The van der Waals surface area contributed by atoms with Gasteiger partial charge >= 0.3 is 0 Å². The highest BCUT2D eigenvalue weighted by molar-refractivity contribution is 5.95. The van der Waals surface area contributed by atoms with E-state index in [1.807, 2.05) is 6.92 Å². The van der Waals surface area contributed by atoms with Gasteiger partial charge in [-0.3, -0.25) is 9.59 Å². The van der Waals surface area contributed by atoms with Gasteiger partial charge < -0.3 is 15.0 Å². The van der Waals surface area contributed by atoms with Crippen LogP contribution < -0.4 is 5.32 Å². The first-order valence-corrected chi connectivity index (χ1v) is 6.26. The maximum Gasteiger partial charge on any atom is 0.243 e. The lowest BCUT2D eigenvalue weighted by Gasteiger charge is -2.49. The maximum absolute atomic E-state index is 12.1. The van der Waals surface area contributed by atoms with Gasteiger partial charge in [0.1, 0.15) is 6.04 Å². The van der Waals surface area contributed by atoms with E-state index in [1.165, 1.54) is 0 Å². The van der Waals surface area contributed by atoms with Gasteiger partial charge in [-0.1, -0.05) is 6.92 Å². The SMILES string of the molecule is CCC1C(=O)NCC(=O)N1C1(C)CCOCC1. The third-order valence-electron chi connectivity index (χ3n) is 3.84. The molecule has 1 N–H and O–H groups in total. The van der Waals surface area contributed by atoms with Crippen molar-refractivity contribution in [2.45, 2.75) is 44.7 Å². The second-order valence-corrected chi connectivity index (χ2v) is 5.01. The molecular formula is C12H20N2O3. The van der Waals surface area contributed by atoms with Crippen molar-refractivity contribution in [3.63, 3.8) is 0 Å². The Hall–Kier alpha value is -1.10. The molecule has 17 heavy (non-hydrogen) atoms. The topological polar surface area (TPSA) is 58.6 Å². The number of carbonyl (C=O) groups is 2. The van der Waals surface area contributed by atoms with Crippen molar-refractivity contribution in [2.24, 2.45) is 0 Å². The second kappa shape index (κ2) is 4.64. The van der Waals surface area contributed by atoms with Crippen molar-refractivity contribution in [1.29, 1.82) is 0 Å². The number of hydrogen-bond acceptors (Lipinski definition) is 3. The number of hydrogen-bond donors (Lipinski definition) is 1. The molecule has 0 aromatic heterocycles. The molecule has 96 valence electrons. The van der Waals surface area contributed by atoms with Crippen LogP contribution in [0, 0.1) is 0 Å². The maximum atomic E-state index is 12.1. The van der Waals surface area contributed by atoms with E-state index >= 15 is 0 Å². The number of nitrogens with one attached hydrogen (secondary N) is 1. The summed E-state index contributed by atoms with van der Waals surface area (Å²) in [7, 11) is 0. The number of rotatable bonds is 2. The van der Waals surface area contributed by atoms with Crippen LogP contribution in [0.4, 0.5) is 0 Å². The van der Waals surface area contributed by atoms with Crippen molar-refractivity contribution in [3.8, 4) is 0 Å². The summed E-state index contributed by atoms with van der Waals surface area (Å²) in [6.07, 6.45) is 2.28. The fraction of sp³-hybridized carbons (Fsp3) is 0.833. The molecule has 0 aromatic rings. The van der Waals surface area contributed by atoms with E-state index in [0.717, 1.165) is 12.8 Å². The Bertz CT molecular complexity index is 324. The van der Waals surface area contributed by atoms with E-state index in [2.05, 4.69) is 12.2 Å². The van der Waals surface area contributed by atoms with Crippen LogP contribution in [-0.2, 0) is 14.3 Å². The van der Waals surface area contributed by atoms with Crippen molar-refractivity contribution in [3.05, 3.63) is 0 Å². The van der Waals surface area contributed by atoms with E-state index in [1.54, 1.807) is 4.90 Å². The zero-order valence-corrected chi connectivity index (χ0v) is 10.5. The Morgan fingerprint density at radius 1 is 1.41 bits per heavy atom. The van der Waals surface area contributed by atoms with E-state index in [-0.39, 0.29) is 29.9 Å². The summed E-state index contributed by atoms with van der Waals surface area (Å²) in [6.45, 7) is 5.47. The van der Waals surface area contributed by atoms with Gasteiger partial charge in [-0.15, -0.1) is 0 Å². The van der Waals surface area contributed by atoms with Crippen molar-refractivity contribution < 1.29 is 14.3 Å². The number of nitrogens with zero attached hydrogens (tertiary/aromatic N) is 1. The molecule has 0 radical (unpaired) electrons. The molecule has 1 unspecified atom stereocenters. The summed E-state index contributed by atoms with van der Waals surface area (Å²) >= 11 is 0. The monoisotopic (exact) mass is 240 g/mol. The molecule has 0 saturated carbocycles. The van der Waals surface area contributed by atoms with Gasteiger partial charge in [-0.25, -0.2) is 0 Å². The molecular weight excluding hydrogens is 220 g/mol. The van der Waals surface area contributed by atoms with Gasteiger partial charge in [0.05, 0.1) is 6.54 Å². The average molecular weight is 240 g/mol. The third-order valence-corrected chi connectivity index (χ3v) is 3.84. The Balaban J connectivity index is 2.25. The fourth-order valence-electron chi connectivity index (χ4n) is 2.75. The van der Waals surface area contributed by atoms with Crippen molar-refractivity contribution in [2.75, 3.05) is 19.8 Å². The molecule has 0 bridgehead atoms. The third kappa shape index (κ3) is 2.16. The number of amides is 2. The molecule has 5 heteroatoms. The van der Waals surface area contributed by atoms with Crippen LogP contribution in [0.2, 0.25) is 0 Å². The van der Waals surface area contributed by atoms with Gasteiger partial charge in [-0.05, 0) is 26.2 Å². The smallest absolute Gasteiger partial charge is 0.243 e. The van der Waals surface area contributed by atoms with Gasteiger partial charge in [-0.2, -0.15) is 0 Å². The molecule has 0 aromatic carbocycles. The normalized spacial score (nSPS) is 29.1. The second-order valence-electron chi connectivity index (χ2n) is 5.01. The summed E-state index contributed by atoms with van der Waals surface area (Å²) in [5, 5.41) is 2.66. The lowest BCUT2D eigenvalue weighted by atomic mass is 9.87. The highest BCUT2D eigenvalue weighted by Crippen LogP contribution is 2.31. The Morgan fingerprint density at radius 2 is 2.06 bits per heavy atom. The van der Waals surface area contributed by atoms with Crippen molar-refractivity contribution in [1.82, 2.24) is 10.2 Å². The number of ether oxygens (including phenoxy) is 1. The van der Waals surface area contributed by atoms with E-state index in [4.69, 9.17) is 4.74 Å². The van der Waals surface area contributed by atoms with Gasteiger partial charge in [0.15, 0.2) is 0 Å². The fourth-order valence-corrected chi connectivity index (χ4v) is 2.75. The van der Waals surface area contributed by atoms with Gasteiger partial charge in [0, 0.05) is 18.8 Å². The molecule has 1 atom stereocenters. The summed E-state index contributed by atoms with van der Waals surface area (Å²) in [4.78, 5) is 25.7. The van der Waals surface area contributed by atoms with Crippen LogP contribution in [0.5, 0.6) is 0 Å². The largest absolute Gasteiger partial charge is 0.381 e. The molecule has 2 aliphatic heterocycles. The molecule has 2 heterocycles. The zero-order valence-electron chi connectivity index (χ0n) is 10.5. The van der Waals surface area contributed by atoms with Crippen LogP contribution in [0.1, 0.15) is 33.1 Å². The van der Waals surface area contributed by atoms with Crippen LogP contribution >= 0.6 is 0 Å². The minimum atomic E-state index is -0.320. The first-order valence-electron chi connectivity index (χ1n) is 6.26. The zero-order chi connectivity index (χ0) is 12.5. The molecule has 2 aliphatic rings. The van der Waals surface area contributed by atoms with Crippen molar-refractivity contribution >= 4 is 11.8 Å². The summed E-state index contributed by atoms with van der Waals surface area (Å²) in [5.74, 6) is 0.000617. The quantitative estimate of drug-likeness (QED) is 0.755. The lowest BCUT2D eigenvalue weighted by Crippen LogP contribution is -2.66. The Kier molecular flexibility index (Phi) is 3.38. The van der Waals surface area contributed by atoms with Crippen LogP contribution in [0.25, 0.3) is 0 Å². The predicted molar refractivity (Wildman–Crippen MR) is 62.4 cm³/mol. The first kappa shape index (κ1) is 12.4. The molecule has 2 saturated heterocycles. The first-order chi connectivity index (χ1) is 8.08. The van der Waals surface area contributed by atoms with E-state index in [0.29, 0.717) is 19.6 Å². The average Bonchev–Trinajstić information content (AvgIpc) is 2.32. The van der Waals surface area contributed by atoms with Gasteiger partial charge in [0.25, 0.3) is 0 Å². The van der Waals surface area contributed by atoms with Crippen LogP contribution in [0.3, 0.4) is 0 Å². The molecule has 5 nitrogen and oxygen atoms in total. The standard InChI is InChI=1S/C12H20N2O3/c1-3-9-11(16)13-8-10(15)14(9)12(2)4-6-17-7-5-12/h9H,3-8H2,1-2H3,(H,13,16). The summed E-state index contributed by atoms with van der Waals surface area (Å²) in [5.41, 5.74) is -0.228. The Labute approximate surface area is 101 Å². The van der Waals surface area contributed by atoms with Crippen LogP contribution in [-0.4, -0.2) is 48.1 Å².